The molecule has 2 rings (SSSR count). The standard InChI is InChI=1S/C8H11N3O/c1-6-7-4-9-5-11-8(7)12-3-2-10-6/h4-6,10H,2-3H2,1H3/t6-/m0/s1. The van der Waals surface area contributed by atoms with Crippen molar-refractivity contribution in [2.75, 3.05) is 13.2 Å². The van der Waals surface area contributed by atoms with Gasteiger partial charge in [-0.3, -0.25) is 0 Å². The zero-order valence-electron chi connectivity index (χ0n) is 6.95. The third-order valence-corrected chi connectivity index (χ3v) is 1.96. The zero-order valence-corrected chi connectivity index (χ0v) is 6.95. The number of hydrogen-bond acceptors (Lipinski definition) is 4. The average molecular weight is 165 g/mol. The minimum absolute atomic E-state index is 0.281. The molecule has 2 heterocycles. The van der Waals surface area contributed by atoms with Crippen molar-refractivity contribution in [2.45, 2.75) is 13.0 Å². The summed E-state index contributed by atoms with van der Waals surface area (Å²) in [6, 6.07) is 0.281. The Morgan fingerprint density at radius 1 is 1.67 bits per heavy atom. The first-order valence-electron chi connectivity index (χ1n) is 4.04. The Bertz CT molecular complexity index is 277. The van der Waals surface area contributed by atoms with Crippen molar-refractivity contribution in [1.82, 2.24) is 15.3 Å². The fourth-order valence-corrected chi connectivity index (χ4v) is 1.28. The summed E-state index contributed by atoms with van der Waals surface area (Å²) in [5.74, 6) is 0.711. The molecule has 64 valence electrons. The van der Waals surface area contributed by atoms with Crippen LogP contribution in [0.15, 0.2) is 12.5 Å². The number of aromatic nitrogens is 2. The zero-order chi connectivity index (χ0) is 8.39. The third-order valence-electron chi connectivity index (χ3n) is 1.96. The summed E-state index contributed by atoms with van der Waals surface area (Å²) >= 11 is 0. The van der Waals surface area contributed by atoms with Gasteiger partial charge in [0.2, 0.25) is 5.88 Å². The molecule has 0 unspecified atom stereocenters. The first-order valence-corrected chi connectivity index (χ1v) is 4.04. The van der Waals surface area contributed by atoms with Crippen LogP contribution in [-0.2, 0) is 0 Å². The highest BCUT2D eigenvalue weighted by atomic mass is 16.5. The lowest BCUT2D eigenvalue weighted by Crippen LogP contribution is -2.20. The van der Waals surface area contributed by atoms with Gasteiger partial charge < -0.3 is 10.1 Å². The number of rotatable bonds is 0. The fraction of sp³-hybridized carbons (Fsp3) is 0.500. The van der Waals surface area contributed by atoms with Gasteiger partial charge in [0, 0.05) is 24.3 Å². The maximum absolute atomic E-state index is 5.41. The SMILES string of the molecule is C[C@@H]1NCCOc2ncncc21. The Morgan fingerprint density at radius 2 is 2.58 bits per heavy atom. The first kappa shape index (κ1) is 7.49. The lowest BCUT2D eigenvalue weighted by Gasteiger charge is -2.09. The fourth-order valence-electron chi connectivity index (χ4n) is 1.28. The van der Waals surface area contributed by atoms with Gasteiger partial charge in [-0.1, -0.05) is 0 Å². The average Bonchev–Trinajstić information content (AvgIpc) is 2.29. The van der Waals surface area contributed by atoms with Crippen LogP contribution in [0.1, 0.15) is 18.5 Å². The highest BCUT2D eigenvalue weighted by Gasteiger charge is 2.15. The van der Waals surface area contributed by atoms with E-state index in [1.54, 1.807) is 6.20 Å². The summed E-state index contributed by atoms with van der Waals surface area (Å²) in [5, 5.41) is 3.30. The molecule has 0 saturated carbocycles. The molecule has 0 saturated heterocycles. The number of hydrogen-bond donors (Lipinski definition) is 1. The molecular formula is C8H11N3O. The van der Waals surface area contributed by atoms with Gasteiger partial charge in [-0.2, -0.15) is 0 Å². The topological polar surface area (TPSA) is 47.0 Å². The maximum atomic E-state index is 5.41. The Kier molecular flexibility index (Phi) is 1.91. The molecule has 0 radical (unpaired) electrons. The van der Waals surface area contributed by atoms with E-state index in [-0.39, 0.29) is 6.04 Å². The van der Waals surface area contributed by atoms with Crippen LogP contribution in [0.4, 0.5) is 0 Å². The van der Waals surface area contributed by atoms with E-state index in [1.165, 1.54) is 6.33 Å². The van der Waals surface area contributed by atoms with Crippen LogP contribution < -0.4 is 10.1 Å². The lowest BCUT2D eigenvalue weighted by atomic mass is 10.2. The summed E-state index contributed by atoms with van der Waals surface area (Å²) in [4.78, 5) is 8.02. The molecule has 1 aromatic rings. The molecule has 0 bridgehead atoms. The summed E-state index contributed by atoms with van der Waals surface area (Å²) in [5.41, 5.74) is 1.04. The van der Waals surface area contributed by atoms with Crippen LogP contribution in [0, 0.1) is 0 Å². The van der Waals surface area contributed by atoms with Gasteiger partial charge in [-0.15, -0.1) is 0 Å². The molecule has 1 atom stereocenters. The second-order valence-corrected chi connectivity index (χ2v) is 2.81. The van der Waals surface area contributed by atoms with E-state index in [4.69, 9.17) is 4.74 Å². The lowest BCUT2D eigenvalue weighted by molar-refractivity contribution is 0.312. The number of nitrogens with one attached hydrogen (secondary N) is 1. The van der Waals surface area contributed by atoms with Crippen molar-refractivity contribution in [3.05, 3.63) is 18.1 Å². The molecule has 1 aromatic heterocycles. The van der Waals surface area contributed by atoms with E-state index < -0.39 is 0 Å². The molecule has 0 aliphatic carbocycles. The van der Waals surface area contributed by atoms with Gasteiger partial charge in [-0.25, -0.2) is 9.97 Å². The van der Waals surface area contributed by atoms with E-state index >= 15 is 0 Å². The minimum atomic E-state index is 0.281. The predicted octanol–water partition coefficient (Wildman–Crippen LogP) is 0.520. The molecule has 0 spiro atoms. The molecule has 0 amide bonds. The molecule has 1 N–H and O–H groups in total. The van der Waals surface area contributed by atoms with Gasteiger partial charge >= 0.3 is 0 Å². The number of ether oxygens (including phenoxy) is 1. The molecule has 0 aromatic carbocycles. The van der Waals surface area contributed by atoms with Gasteiger partial charge in [0.15, 0.2) is 0 Å². The second-order valence-electron chi connectivity index (χ2n) is 2.81. The van der Waals surface area contributed by atoms with Crippen molar-refractivity contribution in [1.29, 1.82) is 0 Å². The van der Waals surface area contributed by atoms with E-state index in [2.05, 4.69) is 22.2 Å². The van der Waals surface area contributed by atoms with Crippen molar-refractivity contribution in [3.8, 4) is 5.88 Å². The predicted molar refractivity (Wildman–Crippen MR) is 43.9 cm³/mol. The smallest absolute Gasteiger partial charge is 0.221 e. The van der Waals surface area contributed by atoms with Crippen LogP contribution in [0.2, 0.25) is 0 Å². The van der Waals surface area contributed by atoms with Crippen molar-refractivity contribution < 1.29 is 4.74 Å². The monoisotopic (exact) mass is 165 g/mol. The molecule has 1 aliphatic heterocycles. The van der Waals surface area contributed by atoms with Crippen LogP contribution >= 0.6 is 0 Å². The van der Waals surface area contributed by atoms with Gasteiger partial charge in [0.1, 0.15) is 12.9 Å². The Hall–Kier alpha value is -1.16. The minimum Gasteiger partial charge on any atom is -0.476 e. The second kappa shape index (κ2) is 3.06. The van der Waals surface area contributed by atoms with Crippen molar-refractivity contribution >= 4 is 0 Å². The number of nitrogens with zero attached hydrogens (tertiary/aromatic N) is 2. The summed E-state index contributed by atoms with van der Waals surface area (Å²) in [6.45, 7) is 3.61. The molecule has 0 fully saturated rings. The number of fused-ring (bicyclic) bond motifs is 1. The van der Waals surface area contributed by atoms with E-state index in [0.29, 0.717) is 12.5 Å². The molecule has 1 aliphatic rings. The van der Waals surface area contributed by atoms with E-state index in [9.17, 15) is 0 Å². The summed E-state index contributed by atoms with van der Waals surface area (Å²) in [7, 11) is 0. The van der Waals surface area contributed by atoms with Gasteiger partial charge in [0.25, 0.3) is 0 Å². The largest absolute Gasteiger partial charge is 0.476 e. The van der Waals surface area contributed by atoms with E-state index in [0.717, 1.165) is 12.1 Å². The Morgan fingerprint density at radius 3 is 3.50 bits per heavy atom. The van der Waals surface area contributed by atoms with Crippen molar-refractivity contribution in [2.24, 2.45) is 0 Å². The first-order chi connectivity index (χ1) is 5.88. The van der Waals surface area contributed by atoms with Gasteiger partial charge in [-0.05, 0) is 6.92 Å². The van der Waals surface area contributed by atoms with E-state index in [1.807, 2.05) is 0 Å². The summed E-state index contributed by atoms with van der Waals surface area (Å²) in [6.07, 6.45) is 3.31. The normalized spacial score (nSPS) is 22.2. The highest BCUT2D eigenvalue weighted by molar-refractivity contribution is 5.26. The highest BCUT2D eigenvalue weighted by Crippen LogP contribution is 2.22. The molecular weight excluding hydrogens is 154 g/mol. The molecule has 4 nitrogen and oxygen atoms in total. The Balaban J connectivity index is 2.39. The molecule has 12 heavy (non-hydrogen) atoms. The molecule has 4 heteroatoms. The van der Waals surface area contributed by atoms with Crippen LogP contribution in [0.3, 0.4) is 0 Å². The van der Waals surface area contributed by atoms with Crippen LogP contribution in [0.5, 0.6) is 5.88 Å². The third kappa shape index (κ3) is 1.25. The van der Waals surface area contributed by atoms with Crippen molar-refractivity contribution in [3.63, 3.8) is 0 Å². The van der Waals surface area contributed by atoms with Crippen LogP contribution in [-0.4, -0.2) is 23.1 Å². The maximum Gasteiger partial charge on any atom is 0.221 e. The summed E-state index contributed by atoms with van der Waals surface area (Å²) < 4.78 is 5.41. The van der Waals surface area contributed by atoms with Crippen LogP contribution in [0.25, 0.3) is 0 Å². The van der Waals surface area contributed by atoms with Gasteiger partial charge in [0.05, 0.1) is 0 Å². The quantitative estimate of drug-likeness (QED) is 0.608. The Labute approximate surface area is 71.0 Å².